The largest absolute Gasteiger partial charge is 0.337 e. The molecule has 0 saturated carbocycles. The van der Waals surface area contributed by atoms with Crippen molar-refractivity contribution in [3.63, 3.8) is 0 Å². The van der Waals surface area contributed by atoms with E-state index >= 15 is 0 Å². The molecule has 0 aliphatic rings. The van der Waals surface area contributed by atoms with Crippen LogP contribution in [-0.2, 0) is 0 Å². The number of benzene rings is 1. The zero-order chi connectivity index (χ0) is 22.2. The molecule has 0 spiro atoms. The number of aryl methyl sites for hydroxylation is 1. The molecule has 3 aromatic rings. The molecule has 8 heteroatoms. The Morgan fingerprint density at radius 1 is 1.13 bits per heavy atom. The van der Waals surface area contributed by atoms with E-state index in [9.17, 15) is 10.1 Å². The Balaban J connectivity index is 2.55. The fourth-order valence-corrected chi connectivity index (χ4v) is 4.39. The number of halogens is 1. The summed E-state index contributed by atoms with van der Waals surface area (Å²) in [7, 11) is 0. The quantitative estimate of drug-likeness (QED) is 0.521. The molecule has 0 N–H and O–H groups in total. The van der Waals surface area contributed by atoms with Gasteiger partial charge < -0.3 is 4.90 Å². The van der Waals surface area contributed by atoms with Crippen LogP contribution in [0.2, 0.25) is 5.02 Å². The average Bonchev–Trinajstić information content (AvgIpc) is 2.68. The van der Waals surface area contributed by atoms with Crippen molar-refractivity contribution in [2.45, 2.75) is 51.7 Å². The number of rotatable bonds is 5. The Labute approximate surface area is 185 Å². The number of pyridine rings is 1. The predicted octanol–water partition coefficient (Wildman–Crippen LogP) is 4.96. The van der Waals surface area contributed by atoms with Crippen LogP contribution < -0.4 is 10.5 Å². The van der Waals surface area contributed by atoms with Gasteiger partial charge in [-0.15, -0.1) is 11.8 Å². The molecule has 0 bridgehead atoms. The van der Waals surface area contributed by atoms with E-state index in [-0.39, 0.29) is 17.6 Å². The van der Waals surface area contributed by atoms with Gasteiger partial charge in [-0.2, -0.15) is 5.26 Å². The SMILES string of the molecule is CSc1nc(C)c2c(=O)n(-c3ccc(Cl)cc3)c(N(C(C)C)C(C)C)nc2c1C#N. The third-order valence-corrected chi connectivity index (χ3v) is 5.81. The monoisotopic (exact) mass is 441 g/mol. The second-order valence-corrected chi connectivity index (χ2v) is 8.77. The molecule has 30 heavy (non-hydrogen) atoms. The molecular weight excluding hydrogens is 418 g/mol. The van der Waals surface area contributed by atoms with Crippen molar-refractivity contribution in [1.29, 1.82) is 5.26 Å². The van der Waals surface area contributed by atoms with Crippen LogP contribution in [0.4, 0.5) is 5.95 Å². The summed E-state index contributed by atoms with van der Waals surface area (Å²) in [6, 6.07) is 9.46. The molecule has 0 aliphatic heterocycles. The normalized spacial score (nSPS) is 11.3. The lowest BCUT2D eigenvalue weighted by Crippen LogP contribution is -2.41. The first-order chi connectivity index (χ1) is 14.2. The van der Waals surface area contributed by atoms with Crippen molar-refractivity contribution < 1.29 is 0 Å². The highest BCUT2D eigenvalue weighted by Crippen LogP contribution is 2.29. The van der Waals surface area contributed by atoms with Crippen LogP contribution in [0.5, 0.6) is 0 Å². The highest BCUT2D eigenvalue weighted by molar-refractivity contribution is 7.98. The summed E-state index contributed by atoms with van der Waals surface area (Å²) in [5.74, 6) is 0.494. The second-order valence-electron chi connectivity index (χ2n) is 7.54. The maximum absolute atomic E-state index is 13.8. The standard InChI is InChI=1S/C22H24ClN5OS/c1-12(2)27(13(3)4)22-26-19-17(11-24)20(30-6)25-14(5)18(19)21(29)28(22)16-9-7-15(23)8-10-16/h7-10,12-13H,1-6H3. The lowest BCUT2D eigenvalue weighted by molar-refractivity contribution is 0.582. The van der Waals surface area contributed by atoms with Crippen LogP contribution in [0.25, 0.3) is 16.6 Å². The zero-order valence-electron chi connectivity index (χ0n) is 17.9. The van der Waals surface area contributed by atoms with Crippen LogP contribution >= 0.6 is 23.4 Å². The van der Waals surface area contributed by atoms with Crippen LogP contribution in [0.15, 0.2) is 34.1 Å². The Hall–Kier alpha value is -2.56. The van der Waals surface area contributed by atoms with Crippen LogP contribution in [0, 0.1) is 18.3 Å². The number of fused-ring (bicyclic) bond motifs is 1. The van der Waals surface area contributed by atoms with Gasteiger partial charge in [-0.1, -0.05) is 11.6 Å². The minimum absolute atomic E-state index is 0.0846. The molecule has 0 amide bonds. The van der Waals surface area contributed by atoms with E-state index in [4.69, 9.17) is 16.6 Å². The minimum atomic E-state index is -0.252. The number of nitrogens with zero attached hydrogens (tertiary/aromatic N) is 5. The number of thioether (sulfide) groups is 1. The summed E-state index contributed by atoms with van der Waals surface area (Å²) in [5, 5.41) is 11.3. The molecule has 0 atom stereocenters. The van der Waals surface area contributed by atoms with Crippen LogP contribution in [-0.4, -0.2) is 32.9 Å². The molecule has 2 aromatic heterocycles. The molecule has 2 heterocycles. The van der Waals surface area contributed by atoms with Gasteiger partial charge in [0.15, 0.2) is 0 Å². The van der Waals surface area contributed by atoms with Gasteiger partial charge in [0, 0.05) is 17.1 Å². The smallest absolute Gasteiger partial charge is 0.269 e. The first-order valence-corrected chi connectivity index (χ1v) is 11.3. The molecule has 1 aromatic carbocycles. The van der Waals surface area contributed by atoms with E-state index in [0.29, 0.717) is 43.8 Å². The van der Waals surface area contributed by atoms with Gasteiger partial charge in [0.1, 0.15) is 22.2 Å². The minimum Gasteiger partial charge on any atom is -0.337 e. The van der Waals surface area contributed by atoms with Gasteiger partial charge in [-0.3, -0.25) is 4.79 Å². The molecule has 0 saturated heterocycles. The summed E-state index contributed by atoms with van der Waals surface area (Å²) in [5.41, 5.74) is 1.69. The van der Waals surface area contributed by atoms with E-state index in [1.54, 1.807) is 35.8 Å². The first-order valence-electron chi connectivity index (χ1n) is 9.67. The summed E-state index contributed by atoms with van der Waals surface area (Å²) in [6.45, 7) is 10.00. The van der Waals surface area contributed by atoms with Crippen molar-refractivity contribution in [1.82, 2.24) is 14.5 Å². The summed E-state index contributed by atoms with van der Waals surface area (Å²) < 4.78 is 1.59. The molecule has 156 valence electrons. The number of aromatic nitrogens is 3. The van der Waals surface area contributed by atoms with Gasteiger partial charge in [-0.25, -0.2) is 14.5 Å². The first kappa shape index (κ1) is 22.1. The molecular formula is C22H24ClN5OS. The van der Waals surface area contributed by atoms with Crippen LogP contribution in [0.3, 0.4) is 0 Å². The number of hydrogen-bond donors (Lipinski definition) is 0. The molecule has 6 nitrogen and oxygen atoms in total. The maximum Gasteiger partial charge on any atom is 0.269 e. The van der Waals surface area contributed by atoms with Crippen molar-refractivity contribution in [2.24, 2.45) is 0 Å². The highest BCUT2D eigenvalue weighted by Gasteiger charge is 2.26. The lowest BCUT2D eigenvalue weighted by atomic mass is 10.1. The van der Waals surface area contributed by atoms with Crippen molar-refractivity contribution in [2.75, 3.05) is 11.2 Å². The van der Waals surface area contributed by atoms with E-state index < -0.39 is 0 Å². The fraction of sp³-hybridized carbons (Fsp3) is 0.364. The second kappa shape index (κ2) is 8.66. The predicted molar refractivity (Wildman–Crippen MR) is 124 cm³/mol. The molecule has 3 rings (SSSR count). The van der Waals surface area contributed by atoms with Gasteiger partial charge in [0.25, 0.3) is 5.56 Å². The Kier molecular flexibility index (Phi) is 6.39. The van der Waals surface area contributed by atoms with Gasteiger partial charge in [0.05, 0.1) is 16.8 Å². The number of hydrogen-bond acceptors (Lipinski definition) is 6. The zero-order valence-corrected chi connectivity index (χ0v) is 19.5. The average molecular weight is 442 g/mol. The summed E-state index contributed by atoms with van der Waals surface area (Å²) in [4.78, 5) is 25.2. The van der Waals surface area contributed by atoms with E-state index in [1.165, 1.54) is 11.8 Å². The van der Waals surface area contributed by atoms with Gasteiger partial charge >= 0.3 is 0 Å². The van der Waals surface area contributed by atoms with Crippen molar-refractivity contribution >= 4 is 40.2 Å². The Bertz CT molecular complexity index is 1190. The van der Waals surface area contributed by atoms with Crippen LogP contribution in [0.1, 0.15) is 39.0 Å². The molecule has 0 fully saturated rings. The van der Waals surface area contributed by atoms with Gasteiger partial charge in [0.2, 0.25) is 5.95 Å². The van der Waals surface area contributed by atoms with E-state index in [0.717, 1.165) is 0 Å². The third kappa shape index (κ3) is 3.78. The van der Waals surface area contributed by atoms with Gasteiger partial charge in [-0.05, 0) is 65.1 Å². The number of nitriles is 1. The topological polar surface area (TPSA) is 74.8 Å². The summed E-state index contributed by atoms with van der Waals surface area (Å²) in [6.07, 6.45) is 1.86. The Morgan fingerprint density at radius 2 is 1.73 bits per heavy atom. The lowest BCUT2D eigenvalue weighted by Gasteiger charge is -2.33. The molecule has 0 aliphatic carbocycles. The van der Waals surface area contributed by atoms with E-state index in [1.807, 2.05) is 6.26 Å². The molecule has 0 radical (unpaired) electrons. The molecule has 0 unspecified atom stereocenters. The Morgan fingerprint density at radius 3 is 2.23 bits per heavy atom. The third-order valence-electron chi connectivity index (χ3n) is 4.88. The fourth-order valence-electron chi connectivity index (χ4n) is 3.68. The highest BCUT2D eigenvalue weighted by atomic mass is 35.5. The maximum atomic E-state index is 13.8. The van der Waals surface area contributed by atoms with E-state index in [2.05, 4.69) is 43.6 Å². The van der Waals surface area contributed by atoms with Crippen molar-refractivity contribution in [3.8, 4) is 11.8 Å². The summed E-state index contributed by atoms with van der Waals surface area (Å²) >= 11 is 7.45. The number of anilines is 1. The van der Waals surface area contributed by atoms with Crippen molar-refractivity contribution in [3.05, 3.63) is 50.9 Å².